The van der Waals surface area contributed by atoms with Crippen molar-refractivity contribution in [3.05, 3.63) is 46.9 Å². The van der Waals surface area contributed by atoms with Crippen LogP contribution in [0.5, 0.6) is 23.0 Å². The van der Waals surface area contributed by atoms with Crippen molar-refractivity contribution in [3.8, 4) is 23.0 Å². The summed E-state index contributed by atoms with van der Waals surface area (Å²) in [5.74, 6) is -0.964. The molecule has 0 bridgehead atoms. The number of halogens is 1. The molecule has 0 radical (unpaired) electrons. The van der Waals surface area contributed by atoms with Gasteiger partial charge in [0.05, 0.1) is 19.6 Å². The zero-order chi connectivity index (χ0) is 22.7. The monoisotopic (exact) mass is 506 g/mol. The van der Waals surface area contributed by atoms with E-state index in [1.807, 2.05) is 0 Å². The van der Waals surface area contributed by atoms with E-state index in [0.717, 1.165) is 4.47 Å². The second kappa shape index (κ2) is 9.59. The van der Waals surface area contributed by atoms with E-state index in [1.54, 1.807) is 42.5 Å². The maximum absolute atomic E-state index is 13.5. The van der Waals surface area contributed by atoms with Crippen LogP contribution in [0.2, 0.25) is 0 Å². The average Bonchev–Trinajstić information content (AvgIpc) is 2.73. The van der Waals surface area contributed by atoms with Crippen LogP contribution in [-0.4, -0.2) is 30.7 Å². The number of hydrogen-bond donors (Lipinski definition) is 0. The molecule has 3 rings (SSSR count). The van der Waals surface area contributed by atoms with Crippen LogP contribution in [0.1, 0.15) is 13.8 Å². The normalized spacial score (nSPS) is 11.7. The Balaban J connectivity index is 2.42. The van der Waals surface area contributed by atoms with Crippen LogP contribution in [-0.2, 0) is 20.8 Å². The van der Waals surface area contributed by atoms with Crippen molar-refractivity contribution in [2.24, 2.45) is 0 Å². The van der Waals surface area contributed by atoms with Crippen molar-refractivity contribution in [2.75, 3.05) is 14.2 Å². The number of hydrogen-bond acceptors (Lipinski definition) is 7. The van der Waals surface area contributed by atoms with E-state index < -0.39 is 23.1 Å². The van der Waals surface area contributed by atoms with Crippen molar-refractivity contribution < 1.29 is 33.1 Å². The third-order valence-corrected chi connectivity index (χ3v) is 6.21. The van der Waals surface area contributed by atoms with Gasteiger partial charge in [0.15, 0.2) is 21.3 Å². The molecule has 9 heteroatoms. The highest BCUT2D eigenvalue weighted by Crippen LogP contribution is 2.53. The van der Waals surface area contributed by atoms with Gasteiger partial charge in [-0.05, 0) is 36.4 Å². The summed E-state index contributed by atoms with van der Waals surface area (Å²) in [7, 11) is 2.74. The number of rotatable bonds is 6. The summed E-state index contributed by atoms with van der Waals surface area (Å²) in [6.45, 7) is 2.49. The highest BCUT2D eigenvalue weighted by Gasteiger charge is 2.31. The lowest BCUT2D eigenvalue weighted by molar-refractivity contribution is -0.133. The Morgan fingerprint density at radius 1 is 0.839 bits per heavy atom. The Hall–Kier alpha value is -2.75. The Labute approximate surface area is 190 Å². The van der Waals surface area contributed by atoms with E-state index in [1.165, 1.54) is 28.1 Å². The molecule has 0 aliphatic rings. The van der Waals surface area contributed by atoms with Crippen molar-refractivity contribution in [1.82, 2.24) is 0 Å². The van der Waals surface area contributed by atoms with Crippen LogP contribution >= 0.6 is 15.9 Å². The molecule has 7 nitrogen and oxygen atoms in total. The van der Waals surface area contributed by atoms with Crippen LogP contribution in [0.4, 0.5) is 0 Å². The summed E-state index contributed by atoms with van der Waals surface area (Å²) < 4.78 is 36.1. The molecule has 0 heterocycles. The van der Waals surface area contributed by atoms with E-state index in [0.29, 0.717) is 20.6 Å². The fourth-order valence-corrected chi connectivity index (χ4v) is 4.58. The van der Waals surface area contributed by atoms with Gasteiger partial charge in [0.1, 0.15) is 0 Å². The standard InChI is InChI=1S/C22H19BrO7S/c1-12(24)29-19-16-6-5-7-17(31(26)15-10-8-14(23)9-11-15)18(16)20(30-13(2)25)22(28-4)21(19)27-3/h5-11H,1-4H3. The number of ether oxygens (including phenoxy) is 4. The van der Waals surface area contributed by atoms with Crippen molar-refractivity contribution in [2.45, 2.75) is 23.6 Å². The minimum Gasteiger partial charge on any atom is -0.606 e. The van der Waals surface area contributed by atoms with E-state index in [9.17, 15) is 14.1 Å². The van der Waals surface area contributed by atoms with Gasteiger partial charge in [0.2, 0.25) is 11.5 Å². The van der Waals surface area contributed by atoms with E-state index in [-0.39, 0.29) is 23.0 Å². The Morgan fingerprint density at radius 3 is 1.94 bits per heavy atom. The molecule has 0 spiro atoms. The molecule has 162 valence electrons. The molecule has 0 saturated heterocycles. The first-order valence-corrected chi connectivity index (χ1v) is 11.0. The van der Waals surface area contributed by atoms with Crippen molar-refractivity contribution in [1.29, 1.82) is 0 Å². The number of carbonyl (C=O) groups is 2. The first-order valence-electron chi connectivity index (χ1n) is 9.03. The Morgan fingerprint density at radius 2 is 1.39 bits per heavy atom. The summed E-state index contributed by atoms with van der Waals surface area (Å²) in [4.78, 5) is 24.6. The number of esters is 2. The molecule has 0 fully saturated rings. The highest BCUT2D eigenvalue weighted by atomic mass is 79.9. The molecule has 31 heavy (non-hydrogen) atoms. The number of benzene rings is 3. The maximum atomic E-state index is 13.5. The lowest BCUT2D eigenvalue weighted by Gasteiger charge is -2.20. The van der Waals surface area contributed by atoms with E-state index >= 15 is 0 Å². The Kier molecular flexibility index (Phi) is 7.09. The molecule has 1 unspecified atom stereocenters. The Bertz CT molecular complexity index is 1150. The smallest absolute Gasteiger partial charge is 0.308 e. The maximum Gasteiger partial charge on any atom is 0.308 e. The van der Waals surface area contributed by atoms with E-state index in [4.69, 9.17) is 18.9 Å². The fourth-order valence-electron chi connectivity index (χ4n) is 3.09. The lowest BCUT2D eigenvalue weighted by Crippen LogP contribution is -2.10. The summed E-state index contributed by atoms with van der Waals surface area (Å²) in [5, 5.41) is 0.694. The fraction of sp³-hybridized carbons (Fsp3) is 0.182. The molecule has 3 aromatic carbocycles. The first kappa shape index (κ1) is 22.9. The average molecular weight is 507 g/mol. The molecule has 0 aliphatic carbocycles. The van der Waals surface area contributed by atoms with Gasteiger partial charge < -0.3 is 23.5 Å². The van der Waals surface area contributed by atoms with Crippen LogP contribution in [0.3, 0.4) is 0 Å². The zero-order valence-corrected chi connectivity index (χ0v) is 19.6. The zero-order valence-electron chi connectivity index (χ0n) is 17.2. The molecular formula is C22H19BrO7S. The molecular weight excluding hydrogens is 488 g/mol. The molecule has 0 amide bonds. The van der Waals surface area contributed by atoms with Gasteiger partial charge in [0, 0.05) is 34.9 Å². The quantitative estimate of drug-likeness (QED) is 0.273. The van der Waals surface area contributed by atoms with E-state index in [2.05, 4.69) is 15.9 Å². The third kappa shape index (κ3) is 4.63. The third-order valence-electron chi connectivity index (χ3n) is 4.24. The summed E-state index contributed by atoms with van der Waals surface area (Å²) >= 11 is 1.72. The minimum absolute atomic E-state index is 0.0267. The number of carbonyl (C=O) groups excluding carboxylic acids is 2. The molecule has 0 aromatic heterocycles. The second-order valence-corrected chi connectivity index (χ2v) is 8.68. The summed E-state index contributed by atoms with van der Waals surface area (Å²) in [6, 6.07) is 12.0. The van der Waals surface area contributed by atoms with Gasteiger partial charge in [-0.1, -0.05) is 22.0 Å². The van der Waals surface area contributed by atoms with Gasteiger partial charge in [-0.3, -0.25) is 9.59 Å². The molecule has 0 aliphatic heterocycles. The van der Waals surface area contributed by atoms with Crippen molar-refractivity contribution >= 4 is 49.8 Å². The SMILES string of the molecule is COc1c(OC)c(OC(C)=O)c2c([S+]([O-])c3ccc(Br)cc3)cccc2c1OC(C)=O. The first-order chi connectivity index (χ1) is 14.8. The predicted molar refractivity (Wildman–Crippen MR) is 118 cm³/mol. The van der Waals surface area contributed by atoms with Gasteiger partial charge in [0.25, 0.3) is 0 Å². The lowest BCUT2D eigenvalue weighted by atomic mass is 10.1. The van der Waals surface area contributed by atoms with Gasteiger partial charge in [-0.15, -0.1) is 0 Å². The minimum atomic E-state index is -1.64. The molecule has 0 saturated carbocycles. The predicted octanol–water partition coefficient (Wildman–Crippen LogP) is 4.64. The van der Waals surface area contributed by atoms with Crippen LogP contribution in [0.25, 0.3) is 10.8 Å². The molecule has 3 aromatic rings. The van der Waals surface area contributed by atoms with Gasteiger partial charge >= 0.3 is 11.9 Å². The molecule has 1 atom stereocenters. The molecule has 0 N–H and O–H groups in total. The van der Waals surface area contributed by atoms with Crippen LogP contribution in [0.15, 0.2) is 56.7 Å². The van der Waals surface area contributed by atoms with Crippen LogP contribution in [0, 0.1) is 0 Å². The van der Waals surface area contributed by atoms with Gasteiger partial charge in [-0.25, -0.2) is 0 Å². The largest absolute Gasteiger partial charge is 0.606 e. The topological polar surface area (TPSA) is 94.1 Å². The summed E-state index contributed by atoms with van der Waals surface area (Å²) in [5.41, 5.74) is 0. The number of methoxy groups -OCH3 is 2. The highest BCUT2D eigenvalue weighted by molar-refractivity contribution is 9.10. The number of fused-ring (bicyclic) bond motifs is 1. The van der Waals surface area contributed by atoms with Crippen LogP contribution < -0.4 is 18.9 Å². The van der Waals surface area contributed by atoms with Gasteiger partial charge in [-0.2, -0.15) is 0 Å². The second-order valence-electron chi connectivity index (χ2n) is 6.31. The summed E-state index contributed by atoms with van der Waals surface area (Å²) in [6.07, 6.45) is 0. The van der Waals surface area contributed by atoms with Crippen molar-refractivity contribution in [3.63, 3.8) is 0 Å².